The molecule has 3 aromatic rings. The highest BCUT2D eigenvalue weighted by Gasteiger charge is 2.35. The minimum absolute atomic E-state index is 0.0133. The Morgan fingerprint density at radius 2 is 2.04 bits per heavy atom. The van der Waals surface area contributed by atoms with Gasteiger partial charge in [0.25, 0.3) is 5.91 Å². The van der Waals surface area contributed by atoms with Crippen LogP contribution < -0.4 is 4.74 Å². The summed E-state index contributed by atoms with van der Waals surface area (Å²) >= 11 is 0. The SMILES string of the molecule is COc1cccc(F)c1C(=O)N1CCCC1c1nc2ccccc2n1C. The second kappa shape index (κ2) is 6.44. The van der Waals surface area contributed by atoms with Crippen LogP contribution in [0.3, 0.4) is 0 Å². The number of hydrogen-bond acceptors (Lipinski definition) is 3. The van der Waals surface area contributed by atoms with Gasteiger partial charge in [-0.25, -0.2) is 9.37 Å². The second-order valence-corrected chi connectivity index (χ2v) is 6.49. The van der Waals surface area contributed by atoms with Crippen LogP contribution in [0.4, 0.5) is 4.39 Å². The van der Waals surface area contributed by atoms with E-state index in [1.807, 2.05) is 35.9 Å². The summed E-state index contributed by atoms with van der Waals surface area (Å²) in [6.45, 7) is 0.574. The minimum atomic E-state index is -0.565. The third-order valence-corrected chi connectivity index (χ3v) is 5.04. The monoisotopic (exact) mass is 353 g/mol. The first-order valence-corrected chi connectivity index (χ1v) is 8.66. The zero-order chi connectivity index (χ0) is 18.3. The van der Waals surface area contributed by atoms with Gasteiger partial charge in [0.15, 0.2) is 0 Å². The van der Waals surface area contributed by atoms with Crippen LogP contribution in [0, 0.1) is 5.82 Å². The maximum atomic E-state index is 14.4. The minimum Gasteiger partial charge on any atom is -0.496 e. The second-order valence-electron chi connectivity index (χ2n) is 6.49. The number of aromatic nitrogens is 2. The molecule has 1 saturated heterocycles. The average molecular weight is 353 g/mol. The fourth-order valence-corrected chi connectivity index (χ4v) is 3.77. The third kappa shape index (κ3) is 2.53. The number of imidazole rings is 1. The van der Waals surface area contributed by atoms with E-state index >= 15 is 0 Å². The molecule has 0 bridgehead atoms. The van der Waals surface area contributed by atoms with Crippen LogP contribution in [0.2, 0.25) is 0 Å². The maximum Gasteiger partial charge on any atom is 0.261 e. The average Bonchev–Trinajstić information content (AvgIpc) is 3.26. The molecule has 1 unspecified atom stereocenters. The molecule has 1 amide bonds. The first-order valence-electron chi connectivity index (χ1n) is 8.66. The highest BCUT2D eigenvalue weighted by atomic mass is 19.1. The predicted molar refractivity (Wildman–Crippen MR) is 96.7 cm³/mol. The van der Waals surface area contributed by atoms with Gasteiger partial charge in [-0.15, -0.1) is 0 Å². The summed E-state index contributed by atoms with van der Waals surface area (Å²) in [7, 11) is 3.40. The molecular weight excluding hydrogens is 333 g/mol. The summed E-state index contributed by atoms with van der Waals surface area (Å²) < 4.78 is 21.6. The van der Waals surface area contributed by atoms with Crippen molar-refractivity contribution in [3.8, 4) is 5.75 Å². The van der Waals surface area contributed by atoms with E-state index in [1.165, 1.54) is 19.2 Å². The van der Waals surface area contributed by atoms with Crippen molar-refractivity contribution in [3.63, 3.8) is 0 Å². The molecule has 1 aromatic heterocycles. The number of amides is 1. The van der Waals surface area contributed by atoms with Crippen LogP contribution in [0.15, 0.2) is 42.5 Å². The number of nitrogens with zero attached hydrogens (tertiary/aromatic N) is 3. The Morgan fingerprint density at radius 1 is 1.23 bits per heavy atom. The Hall–Kier alpha value is -2.89. The van der Waals surface area contributed by atoms with E-state index in [0.717, 1.165) is 29.7 Å². The lowest BCUT2D eigenvalue weighted by atomic mass is 10.1. The predicted octanol–water partition coefficient (Wildman–Crippen LogP) is 3.70. The van der Waals surface area contributed by atoms with Crippen molar-refractivity contribution >= 4 is 16.9 Å². The number of ether oxygens (including phenoxy) is 1. The molecule has 4 rings (SSSR count). The molecule has 5 nitrogen and oxygen atoms in total. The molecule has 0 aliphatic carbocycles. The van der Waals surface area contributed by atoms with Gasteiger partial charge in [0.2, 0.25) is 0 Å². The molecule has 1 aliphatic heterocycles. The van der Waals surface area contributed by atoms with Crippen molar-refractivity contribution in [2.24, 2.45) is 7.05 Å². The Kier molecular flexibility index (Phi) is 4.11. The van der Waals surface area contributed by atoms with Gasteiger partial charge in [0.05, 0.1) is 24.2 Å². The first-order chi connectivity index (χ1) is 12.6. The number of carbonyl (C=O) groups excluding carboxylic acids is 1. The number of methoxy groups -OCH3 is 1. The Morgan fingerprint density at radius 3 is 2.81 bits per heavy atom. The lowest BCUT2D eigenvalue weighted by molar-refractivity contribution is 0.0720. The number of halogens is 1. The summed E-state index contributed by atoms with van der Waals surface area (Å²) in [5, 5.41) is 0. The van der Waals surface area contributed by atoms with Crippen LogP contribution in [0.25, 0.3) is 11.0 Å². The Balaban J connectivity index is 1.75. The summed E-state index contributed by atoms with van der Waals surface area (Å²) in [5.41, 5.74) is 1.90. The van der Waals surface area contributed by atoms with E-state index in [4.69, 9.17) is 9.72 Å². The van der Waals surface area contributed by atoms with Crippen LogP contribution in [0.1, 0.15) is 35.1 Å². The quantitative estimate of drug-likeness (QED) is 0.721. The Bertz CT molecular complexity index is 982. The van der Waals surface area contributed by atoms with E-state index in [1.54, 1.807) is 11.0 Å². The highest BCUT2D eigenvalue weighted by Crippen LogP contribution is 2.35. The summed E-state index contributed by atoms with van der Waals surface area (Å²) in [5.74, 6) is 0.164. The standard InChI is InChI=1S/C20H20FN3O2/c1-23-15-9-4-3-8-14(15)22-19(23)16-10-6-12-24(16)20(25)18-13(21)7-5-11-17(18)26-2/h3-5,7-9,11,16H,6,10,12H2,1-2H3. The molecule has 0 spiro atoms. The first kappa shape index (κ1) is 16.6. The molecule has 1 aliphatic rings. The van der Waals surface area contributed by atoms with E-state index in [9.17, 15) is 9.18 Å². The van der Waals surface area contributed by atoms with E-state index in [2.05, 4.69) is 0 Å². The van der Waals surface area contributed by atoms with Gasteiger partial charge in [-0.3, -0.25) is 4.79 Å². The van der Waals surface area contributed by atoms with E-state index < -0.39 is 5.82 Å². The molecule has 2 aromatic carbocycles. The lowest BCUT2D eigenvalue weighted by Crippen LogP contribution is -2.32. The van der Waals surface area contributed by atoms with Gasteiger partial charge in [0.1, 0.15) is 23.0 Å². The number of rotatable bonds is 3. The zero-order valence-corrected chi connectivity index (χ0v) is 14.8. The third-order valence-electron chi connectivity index (χ3n) is 5.04. The molecule has 0 saturated carbocycles. The fourth-order valence-electron chi connectivity index (χ4n) is 3.77. The number of benzene rings is 2. The number of fused-ring (bicyclic) bond motifs is 1. The van der Waals surface area contributed by atoms with Crippen LogP contribution in [-0.4, -0.2) is 34.0 Å². The number of aryl methyl sites for hydroxylation is 1. The van der Waals surface area contributed by atoms with Crippen molar-refractivity contribution in [1.82, 2.24) is 14.5 Å². The van der Waals surface area contributed by atoms with E-state index in [-0.39, 0.29) is 23.3 Å². The van der Waals surface area contributed by atoms with Crippen LogP contribution in [-0.2, 0) is 7.05 Å². The molecule has 1 atom stereocenters. The largest absolute Gasteiger partial charge is 0.496 e. The number of likely N-dealkylation sites (tertiary alicyclic amines) is 1. The molecule has 134 valence electrons. The summed E-state index contributed by atoms with van der Waals surface area (Å²) in [6.07, 6.45) is 1.66. The van der Waals surface area contributed by atoms with Crippen LogP contribution in [0.5, 0.6) is 5.75 Å². The lowest BCUT2D eigenvalue weighted by Gasteiger charge is -2.25. The molecule has 0 N–H and O–H groups in total. The maximum absolute atomic E-state index is 14.4. The van der Waals surface area contributed by atoms with Crippen molar-refractivity contribution in [2.45, 2.75) is 18.9 Å². The van der Waals surface area contributed by atoms with Crippen LogP contribution >= 0.6 is 0 Å². The summed E-state index contributed by atoms with van der Waals surface area (Å²) in [4.78, 5) is 19.6. The topological polar surface area (TPSA) is 47.4 Å². The summed E-state index contributed by atoms with van der Waals surface area (Å²) in [6, 6.07) is 12.1. The molecule has 6 heteroatoms. The fraction of sp³-hybridized carbons (Fsp3) is 0.300. The molecule has 1 fully saturated rings. The number of hydrogen-bond donors (Lipinski definition) is 0. The van der Waals surface area contributed by atoms with Gasteiger partial charge in [-0.1, -0.05) is 18.2 Å². The van der Waals surface area contributed by atoms with E-state index in [0.29, 0.717) is 6.54 Å². The van der Waals surface area contributed by atoms with Crippen molar-refractivity contribution in [1.29, 1.82) is 0 Å². The zero-order valence-electron chi connectivity index (χ0n) is 14.8. The van der Waals surface area contributed by atoms with Gasteiger partial charge in [-0.05, 0) is 37.1 Å². The highest BCUT2D eigenvalue weighted by molar-refractivity contribution is 5.97. The molecule has 26 heavy (non-hydrogen) atoms. The Labute approximate surface area is 151 Å². The molecule has 2 heterocycles. The van der Waals surface area contributed by atoms with Gasteiger partial charge < -0.3 is 14.2 Å². The smallest absolute Gasteiger partial charge is 0.261 e. The molecule has 0 radical (unpaired) electrons. The van der Waals surface area contributed by atoms with Crippen molar-refractivity contribution in [3.05, 3.63) is 59.7 Å². The van der Waals surface area contributed by atoms with Crippen molar-refractivity contribution in [2.75, 3.05) is 13.7 Å². The van der Waals surface area contributed by atoms with Gasteiger partial charge in [-0.2, -0.15) is 0 Å². The number of carbonyl (C=O) groups is 1. The van der Waals surface area contributed by atoms with Crippen molar-refractivity contribution < 1.29 is 13.9 Å². The number of para-hydroxylation sites is 2. The van der Waals surface area contributed by atoms with Gasteiger partial charge in [0, 0.05) is 13.6 Å². The van der Waals surface area contributed by atoms with Gasteiger partial charge >= 0.3 is 0 Å². The molecular formula is C20H20FN3O2. The normalized spacial score (nSPS) is 17.0.